The van der Waals surface area contributed by atoms with Gasteiger partial charge in [-0.15, -0.1) is 0 Å². The van der Waals surface area contributed by atoms with Crippen molar-refractivity contribution in [2.24, 2.45) is 5.10 Å². The molecule has 0 aliphatic heterocycles. The van der Waals surface area contributed by atoms with Crippen LogP contribution in [0.2, 0.25) is 0 Å². The molecule has 5 heteroatoms. The molecule has 0 saturated heterocycles. The topological polar surface area (TPSA) is 59.9 Å². The Morgan fingerprint density at radius 3 is 2.28 bits per heavy atom. The third kappa shape index (κ3) is 4.83. The number of methoxy groups -OCH3 is 2. The predicted octanol–water partition coefficient (Wildman–Crippen LogP) is 3.77. The summed E-state index contributed by atoms with van der Waals surface area (Å²) in [7, 11) is 3.16. The number of ether oxygens (including phenoxy) is 2. The van der Waals surface area contributed by atoms with E-state index in [-0.39, 0.29) is 11.3 Å². The Labute approximate surface area is 148 Å². The first-order valence-electron chi connectivity index (χ1n) is 8.01. The standard InChI is InChI=1S/C20H24N2O3/c1-20(2,3)16-9-6-14(7-10-16)19(23)22-21-13-15-8-11-17(24-4)12-18(15)25-5/h6-13H,1-5H3,(H,22,23). The van der Waals surface area contributed by atoms with Gasteiger partial charge < -0.3 is 9.47 Å². The van der Waals surface area contributed by atoms with Gasteiger partial charge in [-0.2, -0.15) is 5.10 Å². The average Bonchev–Trinajstić information content (AvgIpc) is 2.61. The van der Waals surface area contributed by atoms with Gasteiger partial charge in [-0.3, -0.25) is 4.79 Å². The number of carbonyl (C=O) groups excluding carboxylic acids is 1. The van der Waals surface area contributed by atoms with E-state index in [4.69, 9.17) is 9.47 Å². The summed E-state index contributed by atoms with van der Waals surface area (Å²) in [6.07, 6.45) is 1.54. The zero-order valence-electron chi connectivity index (χ0n) is 15.3. The second-order valence-electron chi connectivity index (χ2n) is 6.63. The molecule has 0 heterocycles. The highest BCUT2D eigenvalue weighted by Gasteiger charge is 2.14. The fourth-order valence-corrected chi connectivity index (χ4v) is 2.27. The van der Waals surface area contributed by atoms with Crippen LogP contribution in [0.1, 0.15) is 42.3 Å². The molecule has 1 amide bonds. The minimum absolute atomic E-state index is 0.0536. The molecule has 0 atom stereocenters. The van der Waals surface area contributed by atoms with Crippen LogP contribution >= 0.6 is 0 Å². The smallest absolute Gasteiger partial charge is 0.271 e. The van der Waals surface area contributed by atoms with E-state index in [0.717, 1.165) is 5.56 Å². The Balaban J connectivity index is 2.05. The summed E-state index contributed by atoms with van der Waals surface area (Å²) in [4.78, 5) is 12.2. The van der Waals surface area contributed by atoms with Crippen LogP contribution in [-0.4, -0.2) is 26.3 Å². The van der Waals surface area contributed by atoms with Crippen LogP contribution in [0.4, 0.5) is 0 Å². The van der Waals surface area contributed by atoms with Gasteiger partial charge in [0.2, 0.25) is 0 Å². The van der Waals surface area contributed by atoms with Gasteiger partial charge in [0.15, 0.2) is 0 Å². The van der Waals surface area contributed by atoms with Gasteiger partial charge in [0.1, 0.15) is 11.5 Å². The average molecular weight is 340 g/mol. The van der Waals surface area contributed by atoms with Crippen molar-refractivity contribution in [1.29, 1.82) is 0 Å². The van der Waals surface area contributed by atoms with Gasteiger partial charge in [-0.25, -0.2) is 5.43 Å². The third-order valence-electron chi connectivity index (χ3n) is 3.82. The van der Waals surface area contributed by atoms with Crippen LogP contribution in [-0.2, 0) is 5.41 Å². The van der Waals surface area contributed by atoms with Crippen LogP contribution in [0.3, 0.4) is 0 Å². The Morgan fingerprint density at radius 1 is 1.04 bits per heavy atom. The third-order valence-corrected chi connectivity index (χ3v) is 3.82. The fourth-order valence-electron chi connectivity index (χ4n) is 2.27. The highest BCUT2D eigenvalue weighted by Crippen LogP contribution is 2.23. The molecule has 1 N–H and O–H groups in total. The summed E-state index contributed by atoms with van der Waals surface area (Å²) in [5.41, 5.74) is 5.06. The molecule has 0 bridgehead atoms. The van der Waals surface area contributed by atoms with Crippen LogP contribution in [0.25, 0.3) is 0 Å². The molecule has 0 aromatic heterocycles. The lowest BCUT2D eigenvalue weighted by molar-refractivity contribution is 0.0955. The summed E-state index contributed by atoms with van der Waals surface area (Å²) < 4.78 is 10.4. The van der Waals surface area contributed by atoms with Crippen molar-refractivity contribution in [3.63, 3.8) is 0 Å². The van der Waals surface area contributed by atoms with E-state index >= 15 is 0 Å². The lowest BCUT2D eigenvalue weighted by Gasteiger charge is -2.18. The van der Waals surface area contributed by atoms with Crippen LogP contribution in [0.5, 0.6) is 11.5 Å². The first kappa shape index (κ1) is 18.5. The molecular weight excluding hydrogens is 316 g/mol. The first-order valence-corrected chi connectivity index (χ1v) is 8.01. The second kappa shape index (κ2) is 7.83. The molecule has 0 unspecified atom stereocenters. The largest absolute Gasteiger partial charge is 0.497 e. The SMILES string of the molecule is COc1ccc(C=NNC(=O)c2ccc(C(C)(C)C)cc2)c(OC)c1. The highest BCUT2D eigenvalue weighted by molar-refractivity contribution is 5.95. The summed E-state index contributed by atoms with van der Waals surface area (Å²) in [5.74, 6) is 1.05. The van der Waals surface area contributed by atoms with Crippen LogP contribution < -0.4 is 14.9 Å². The molecule has 0 fully saturated rings. The molecule has 0 saturated carbocycles. The molecule has 0 radical (unpaired) electrons. The quantitative estimate of drug-likeness (QED) is 0.666. The Morgan fingerprint density at radius 2 is 1.72 bits per heavy atom. The van der Waals surface area contributed by atoms with Crippen LogP contribution in [0, 0.1) is 0 Å². The van der Waals surface area contributed by atoms with E-state index in [9.17, 15) is 4.79 Å². The van der Waals surface area contributed by atoms with Gasteiger partial charge in [0.25, 0.3) is 5.91 Å². The number of nitrogens with zero attached hydrogens (tertiary/aromatic N) is 1. The zero-order valence-corrected chi connectivity index (χ0v) is 15.3. The molecule has 0 aliphatic rings. The van der Waals surface area contributed by atoms with E-state index in [1.807, 2.05) is 18.2 Å². The molecular formula is C20H24N2O3. The van der Waals surface area contributed by atoms with E-state index in [0.29, 0.717) is 17.1 Å². The number of benzene rings is 2. The number of carbonyl (C=O) groups is 1. The lowest BCUT2D eigenvalue weighted by atomic mass is 9.87. The van der Waals surface area contributed by atoms with Gasteiger partial charge in [0, 0.05) is 17.2 Å². The number of rotatable bonds is 5. The number of hydrazone groups is 1. The predicted molar refractivity (Wildman–Crippen MR) is 99.7 cm³/mol. The van der Waals surface area contributed by atoms with Crippen molar-refractivity contribution < 1.29 is 14.3 Å². The van der Waals surface area contributed by atoms with Gasteiger partial charge in [0.05, 0.1) is 20.4 Å². The van der Waals surface area contributed by atoms with E-state index in [1.54, 1.807) is 44.7 Å². The molecule has 2 rings (SSSR count). The first-order chi connectivity index (χ1) is 11.8. The van der Waals surface area contributed by atoms with Crippen molar-refractivity contribution in [3.8, 4) is 11.5 Å². The van der Waals surface area contributed by atoms with E-state index in [1.165, 1.54) is 5.56 Å². The molecule has 0 aliphatic carbocycles. The van der Waals surface area contributed by atoms with Crippen molar-refractivity contribution >= 4 is 12.1 Å². The highest BCUT2D eigenvalue weighted by atomic mass is 16.5. The maximum absolute atomic E-state index is 12.2. The minimum atomic E-state index is -0.260. The minimum Gasteiger partial charge on any atom is -0.497 e. The second-order valence-corrected chi connectivity index (χ2v) is 6.63. The van der Waals surface area contributed by atoms with Crippen molar-refractivity contribution in [2.45, 2.75) is 26.2 Å². The molecule has 0 spiro atoms. The lowest BCUT2D eigenvalue weighted by Crippen LogP contribution is -2.18. The van der Waals surface area contributed by atoms with Crippen molar-refractivity contribution in [1.82, 2.24) is 5.43 Å². The number of hydrogen-bond acceptors (Lipinski definition) is 4. The number of nitrogens with one attached hydrogen (secondary N) is 1. The van der Waals surface area contributed by atoms with Gasteiger partial charge >= 0.3 is 0 Å². The van der Waals surface area contributed by atoms with Gasteiger partial charge in [-0.1, -0.05) is 32.9 Å². The summed E-state index contributed by atoms with van der Waals surface area (Å²) >= 11 is 0. The molecule has 25 heavy (non-hydrogen) atoms. The molecule has 5 nitrogen and oxygen atoms in total. The maximum Gasteiger partial charge on any atom is 0.271 e. The molecule has 2 aromatic rings. The van der Waals surface area contributed by atoms with E-state index < -0.39 is 0 Å². The zero-order chi connectivity index (χ0) is 18.4. The summed E-state index contributed by atoms with van der Waals surface area (Å²) in [6, 6.07) is 12.9. The maximum atomic E-state index is 12.2. The van der Waals surface area contributed by atoms with Crippen molar-refractivity contribution in [2.75, 3.05) is 14.2 Å². The van der Waals surface area contributed by atoms with Crippen molar-refractivity contribution in [3.05, 3.63) is 59.2 Å². The summed E-state index contributed by atoms with van der Waals surface area (Å²) in [6.45, 7) is 6.40. The normalized spacial score (nSPS) is 11.4. The molecule has 2 aromatic carbocycles. The Kier molecular flexibility index (Phi) is 5.80. The Hall–Kier alpha value is -2.82. The summed E-state index contributed by atoms with van der Waals surface area (Å²) in [5, 5.41) is 4.01. The fraction of sp³-hybridized carbons (Fsp3) is 0.300. The van der Waals surface area contributed by atoms with Gasteiger partial charge in [-0.05, 0) is 35.2 Å². The molecule has 132 valence electrons. The van der Waals surface area contributed by atoms with Crippen LogP contribution in [0.15, 0.2) is 47.6 Å². The monoisotopic (exact) mass is 340 g/mol. The Bertz CT molecular complexity index is 760. The number of amides is 1. The van der Waals surface area contributed by atoms with E-state index in [2.05, 4.69) is 31.3 Å². The number of hydrogen-bond donors (Lipinski definition) is 1.